The number of hydrogen-bond donors (Lipinski definition) is 3. The summed E-state index contributed by atoms with van der Waals surface area (Å²) in [6, 6.07) is 8.38. The van der Waals surface area contributed by atoms with Gasteiger partial charge in [0.1, 0.15) is 17.8 Å². The number of fused-ring (bicyclic) bond motifs is 2. The van der Waals surface area contributed by atoms with E-state index in [-0.39, 0.29) is 18.1 Å². The van der Waals surface area contributed by atoms with Gasteiger partial charge in [-0.3, -0.25) is 0 Å². The number of aliphatic hydroxyl groups is 1. The lowest BCUT2D eigenvalue weighted by Gasteiger charge is -2.26. The zero-order chi connectivity index (χ0) is 14.3. The van der Waals surface area contributed by atoms with Crippen LogP contribution in [-0.4, -0.2) is 21.6 Å². The van der Waals surface area contributed by atoms with E-state index >= 15 is 0 Å². The van der Waals surface area contributed by atoms with Crippen molar-refractivity contribution in [2.75, 3.05) is 0 Å². The molecule has 0 aromatic heterocycles. The minimum atomic E-state index is -0.678. The van der Waals surface area contributed by atoms with E-state index in [1.54, 1.807) is 18.2 Å². The van der Waals surface area contributed by atoms with Crippen LogP contribution in [0.15, 0.2) is 30.3 Å². The molecule has 0 heterocycles. The van der Waals surface area contributed by atoms with E-state index in [4.69, 9.17) is 0 Å². The normalized spacial score (nSPS) is 16.4. The molecule has 20 heavy (non-hydrogen) atoms. The molecule has 1 aliphatic carbocycles. The number of benzene rings is 2. The van der Waals surface area contributed by atoms with Gasteiger partial charge < -0.3 is 20.1 Å². The van der Waals surface area contributed by atoms with Crippen molar-refractivity contribution < 1.29 is 20.1 Å². The minimum Gasteiger partial charge on any atom is -0.508 e. The van der Waals surface area contributed by atoms with Gasteiger partial charge in [-0.15, -0.1) is 0 Å². The number of carbonyl (C=O) groups excluding carboxylic acids is 1. The molecule has 3 N–H and O–H groups in total. The van der Waals surface area contributed by atoms with Gasteiger partial charge in [0, 0.05) is 11.1 Å². The van der Waals surface area contributed by atoms with Gasteiger partial charge in [-0.1, -0.05) is 18.2 Å². The molecule has 1 aliphatic rings. The Morgan fingerprint density at radius 3 is 2.55 bits per heavy atom. The van der Waals surface area contributed by atoms with Gasteiger partial charge in [-0.2, -0.15) is 0 Å². The molecule has 0 amide bonds. The first kappa shape index (κ1) is 12.7. The van der Waals surface area contributed by atoms with Gasteiger partial charge in [-0.05, 0) is 35.2 Å². The molecule has 1 unspecified atom stereocenters. The van der Waals surface area contributed by atoms with Crippen LogP contribution in [0.2, 0.25) is 0 Å². The molecule has 0 bridgehead atoms. The molecular weight excluding hydrogens is 256 g/mol. The highest BCUT2D eigenvalue weighted by molar-refractivity contribution is 5.76. The Labute approximate surface area is 115 Å². The van der Waals surface area contributed by atoms with Gasteiger partial charge in [0.25, 0.3) is 0 Å². The molecular formula is C16H14O4. The number of aliphatic hydroxyl groups excluding tert-OH is 1. The van der Waals surface area contributed by atoms with Crippen LogP contribution >= 0.6 is 0 Å². The fourth-order valence-corrected chi connectivity index (χ4v) is 2.96. The van der Waals surface area contributed by atoms with Crippen molar-refractivity contribution in [3.8, 4) is 11.5 Å². The summed E-state index contributed by atoms with van der Waals surface area (Å²) >= 11 is 0. The quantitative estimate of drug-likeness (QED) is 0.727. The predicted octanol–water partition coefficient (Wildman–Crippen LogP) is 1.83. The molecule has 0 spiro atoms. The molecule has 4 heteroatoms. The summed E-state index contributed by atoms with van der Waals surface area (Å²) in [4.78, 5) is 11.5. The summed E-state index contributed by atoms with van der Waals surface area (Å²) in [6.45, 7) is -0.167. The molecule has 1 atom stereocenters. The summed E-state index contributed by atoms with van der Waals surface area (Å²) in [5, 5.41) is 29.3. The maximum Gasteiger partial charge on any atom is 0.132 e. The summed E-state index contributed by atoms with van der Waals surface area (Å²) in [6.07, 6.45) is 1.25. The first-order valence-corrected chi connectivity index (χ1v) is 6.37. The smallest absolute Gasteiger partial charge is 0.132 e. The van der Waals surface area contributed by atoms with E-state index in [9.17, 15) is 20.1 Å². The highest BCUT2D eigenvalue weighted by Gasteiger charge is 2.30. The van der Waals surface area contributed by atoms with E-state index in [0.29, 0.717) is 23.1 Å². The van der Waals surface area contributed by atoms with Crippen LogP contribution < -0.4 is 0 Å². The zero-order valence-corrected chi connectivity index (χ0v) is 10.7. The minimum absolute atomic E-state index is 0.0162. The number of aromatic hydroxyl groups is 2. The number of aldehydes is 1. The number of phenolic OH excluding ortho intramolecular Hbond substituents is 2. The average Bonchev–Trinajstić information content (AvgIpc) is 2.45. The molecule has 4 nitrogen and oxygen atoms in total. The highest BCUT2D eigenvalue weighted by Crippen LogP contribution is 2.43. The lowest BCUT2D eigenvalue weighted by molar-refractivity contribution is -0.108. The van der Waals surface area contributed by atoms with E-state index in [2.05, 4.69) is 0 Å². The maximum atomic E-state index is 11.5. The lowest BCUT2D eigenvalue weighted by atomic mass is 9.77. The molecule has 0 saturated carbocycles. The number of phenols is 2. The number of hydrogen-bond acceptors (Lipinski definition) is 4. The number of carbonyl (C=O) groups is 1. The standard InChI is InChI=1S/C16H14O4/c17-7-9-4-11-6-10-2-1-3-13(19)15(10)12(8-18)16(11)14(20)5-9/h1-5,8,12,17,19-20H,6-7H2. The van der Waals surface area contributed by atoms with Crippen LogP contribution in [-0.2, 0) is 17.8 Å². The van der Waals surface area contributed by atoms with E-state index in [1.165, 1.54) is 6.07 Å². The van der Waals surface area contributed by atoms with Crippen molar-refractivity contribution in [3.63, 3.8) is 0 Å². The van der Waals surface area contributed by atoms with Crippen LogP contribution in [0.5, 0.6) is 11.5 Å². The fraction of sp³-hybridized carbons (Fsp3) is 0.188. The van der Waals surface area contributed by atoms with Crippen LogP contribution in [0.3, 0.4) is 0 Å². The molecule has 2 aromatic rings. The zero-order valence-electron chi connectivity index (χ0n) is 10.7. The van der Waals surface area contributed by atoms with Crippen LogP contribution in [0.4, 0.5) is 0 Å². The third-order valence-electron chi connectivity index (χ3n) is 3.80. The van der Waals surface area contributed by atoms with Crippen LogP contribution in [0.25, 0.3) is 0 Å². The van der Waals surface area contributed by atoms with Crippen molar-refractivity contribution in [2.45, 2.75) is 18.9 Å². The maximum absolute atomic E-state index is 11.5. The first-order valence-electron chi connectivity index (χ1n) is 6.37. The largest absolute Gasteiger partial charge is 0.508 e. The van der Waals surface area contributed by atoms with E-state index < -0.39 is 5.92 Å². The molecule has 0 radical (unpaired) electrons. The van der Waals surface area contributed by atoms with Crippen molar-refractivity contribution in [1.82, 2.24) is 0 Å². The molecule has 102 valence electrons. The molecule has 0 fully saturated rings. The second-order valence-corrected chi connectivity index (χ2v) is 4.99. The summed E-state index contributed by atoms with van der Waals surface area (Å²) in [5.74, 6) is -0.629. The second kappa shape index (κ2) is 4.65. The average molecular weight is 270 g/mol. The highest BCUT2D eigenvalue weighted by atomic mass is 16.3. The second-order valence-electron chi connectivity index (χ2n) is 4.99. The number of rotatable bonds is 2. The Hall–Kier alpha value is -2.33. The lowest BCUT2D eigenvalue weighted by Crippen LogP contribution is -2.15. The third-order valence-corrected chi connectivity index (χ3v) is 3.80. The van der Waals surface area contributed by atoms with E-state index in [1.807, 2.05) is 6.07 Å². The van der Waals surface area contributed by atoms with Crippen molar-refractivity contribution in [2.24, 2.45) is 0 Å². The van der Waals surface area contributed by atoms with Gasteiger partial charge >= 0.3 is 0 Å². The SMILES string of the molecule is O=CC1c2c(O)cccc2Cc2cc(CO)cc(O)c21. The fourth-order valence-electron chi connectivity index (χ4n) is 2.96. The Balaban J connectivity index is 2.26. The Bertz CT molecular complexity index is 691. The third kappa shape index (κ3) is 1.77. The van der Waals surface area contributed by atoms with Crippen molar-refractivity contribution in [3.05, 3.63) is 58.1 Å². The van der Waals surface area contributed by atoms with Gasteiger partial charge in [-0.25, -0.2) is 0 Å². The first-order chi connectivity index (χ1) is 9.65. The Morgan fingerprint density at radius 1 is 1.10 bits per heavy atom. The van der Waals surface area contributed by atoms with Gasteiger partial charge in [0.2, 0.25) is 0 Å². The molecule has 0 aliphatic heterocycles. The topological polar surface area (TPSA) is 77.8 Å². The monoisotopic (exact) mass is 270 g/mol. The molecule has 2 aromatic carbocycles. The van der Waals surface area contributed by atoms with Crippen molar-refractivity contribution in [1.29, 1.82) is 0 Å². The summed E-state index contributed by atoms with van der Waals surface area (Å²) in [7, 11) is 0. The Kier molecular flexibility index (Phi) is 2.95. The van der Waals surface area contributed by atoms with E-state index in [0.717, 1.165) is 17.4 Å². The summed E-state index contributed by atoms with van der Waals surface area (Å²) < 4.78 is 0. The Morgan fingerprint density at radius 2 is 1.85 bits per heavy atom. The molecule has 0 saturated heterocycles. The van der Waals surface area contributed by atoms with Crippen molar-refractivity contribution >= 4 is 6.29 Å². The molecule has 3 rings (SSSR count). The van der Waals surface area contributed by atoms with Gasteiger partial charge in [0.05, 0.1) is 12.5 Å². The summed E-state index contributed by atoms with van der Waals surface area (Å²) in [5.41, 5.74) is 3.36. The van der Waals surface area contributed by atoms with Crippen LogP contribution in [0.1, 0.15) is 33.7 Å². The predicted molar refractivity (Wildman–Crippen MR) is 72.8 cm³/mol. The van der Waals surface area contributed by atoms with Crippen LogP contribution in [0, 0.1) is 0 Å². The van der Waals surface area contributed by atoms with Gasteiger partial charge in [0.15, 0.2) is 0 Å².